The first-order valence-electron chi connectivity index (χ1n) is 6.71. The molecular weight excluding hydrogens is 242 g/mol. The molecule has 0 saturated carbocycles. The highest BCUT2D eigenvalue weighted by molar-refractivity contribution is 7.10. The molecule has 2 rings (SSSR count). The van der Waals surface area contributed by atoms with Gasteiger partial charge in [-0.1, -0.05) is 18.3 Å². The van der Waals surface area contributed by atoms with Gasteiger partial charge in [0.15, 0.2) is 0 Å². The summed E-state index contributed by atoms with van der Waals surface area (Å²) in [6, 6.07) is 2.90. The molecule has 1 aromatic rings. The summed E-state index contributed by atoms with van der Waals surface area (Å²) in [5.74, 6) is 6.07. The quantitative estimate of drug-likeness (QED) is 0.848. The first kappa shape index (κ1) is 13.6. The molecule has 1 fully saturated rings. The van der Waals surface area contributed by atoms with Crippen LogP contribution < -0.4 is 0 Å². The summed E-state index contributed by atoms with van der Waals surface area (Å²) in [5, 5.41) is 10.8. The molecule has 1 atom stereocenters. The van der Waals surface area contributed by atoms with E-state index in [-0.39, 0.29) is 6.61 Å². The van der Waals surface area contributed by atoms with Crippen LogP contribution in [0.25, 0.3) is 0 Å². The predicted octanol–water partition coefficient (Wildman–Crippen LogP) is 2.86. The van der Waals surface area contributed by atoms with Gasteiger partial charge in [0.05, 0.1) is 6.61 Å². The third-order valence-electron chi connectivity index (χ3n) is 3.42. The van der Waals surface area contributed by atoms with E-state index in [9.17, 15) is 0 Å². The van der Waals surface area contributed by atoms with Crippen molar-refractivity contribution in [2.75, 3.05) is 13.2 Å². The molecule has 0 aliphatic carbocycles. The summed E-state index contributed by atoms with van der Waals surface area (Å²) in [7, 11) is 0. The lowest BCUT2D eigenvalue weighted by Gasteiger charge is -2.32. The van der Waals surface area contributed by atoms with Gasteiger partial charge in [0.1, 0.15) is 0 Å². The number of likely N-dealkylation sites (tertiary alicyclic amines) is 1. The molecule has 0 radical (unpaired) electrons. The standard InChI is InChI=1S/C15H21NOS/c1-13-6-2-4-8-16(13)11-15-10-14(12-18-15)7-3-5-9-17/h10,12-13,17H,2,4-6,8-9,11H2,1H3. The number of hydrogen-bond donors (Lipinski definition) is 1. The number of piperidine rings is 1. The highest BCUT2D eigenvalue weighted by atomic mass is 32.1. The molecule has 98 valence electrons. The van der Waals surface area contributed by atoms with Crippen LogP contribution >= 0.6 is 11.3 Å². The first-order chi connectivity index (χ1) is 8.79. The average molecular weight is 263 g/mol. The van der Waals surface area contributed by atoms with E-state index in [0.29, 0.717) is 12.5 Å². The van der Waals surface area contributed by atoms with Gasteiger partial charge in [-0.15, -0.1) is 11.3 Å². The lowest BCUT2D eigenvalue weighted by Crippen LogP contribution is -2.36. The van der Waals surface area contributed by atoms with Gasteiger partial charge in [-0.3, -0.25) is 4.90 Å². The van der Waals surface area contributed by atoms with Gasteiger partial charge in [-0.2, -0.15) is 0 Å². The molecule has 1 unspecified atom stereocenters. The number of aliphatic hydroxyl groups excluding tert-OH is 1. The van der Waals surface area contributed by atoms with Crippen molar-refractivity contribution in [3.8, 4) is 11.8 Å². The van der Waals surface area contributed by atoms with Crippen LogP contribution in [0.2, 0.25) is 0 Å². The lowest BCUT2D eigenvalue weighted by molar-refractivity contribution is 0.154. The second-order valence-electron chi connectivity index (χ2n) is 4.89. The molecule has 0 amide bonds. The van der Waals surface area contributed by atoms with E-state index < -0.39 is 0 Å². The number of rotatable bonds is 3. The number of aliphatic hydroxyl groups is 1. The fourth-order valence-corrected chi connectivity index (χ4v) is 3.18. The summed E-state index contributed by atoms with van der Waals surface area (Å²) in [4.78, 5) is 3.97. The molecule has 0 spiro atoms. The smallest absolute Gasteiger partial charge is 0.0540 e. The Bertz CT molecular complexity index is 429. The van der Waals surface area contributed by atoms with E-state index in [1.54, 1.807) is 11.3 Å². The number of thiophene rings is 1. The fourth-order valence-electron chi connectivity index (χ4n) is 2.34. The Kier molecular flexibility index (Phi) is 5.25. The van der Waals surface area contributed by atoms with E-state index in [0.717, 1.165) is 12.1 Å². The molecule has 18 heavy (non-hydrogen) atoms. The van der Waals surface area contributed by atoms with Gasteiger partial charge in [-0.25, -0.2) is 0 Å². The van der Waals surface area contributed by atoms with Gasteiger partial charge < -0.3 is 5.11 Å². The summed E-state index contributed by atoms with van der Waals surface area (Å²) >= 11 is 1.80. The average Bonchev–Trinajstić information content (AvgIpc) is 2.80. The molecule has 1 aromatic heterocycles. The van der Waals surface area contributed by atoms with Crippen molar-refractivity contribution in [3.63, 3.8) is 0 Å². The van der Waals surface area contributed by atoms with Crippen LogP contribution in [0.5, 0.6) is 0 Å². The molecule has 3 heteroatoms. The van der Waals surface area contributed by atoms with E-state index in [2.05, 4.69) is 35.1 Å². The van der Waals surface area contributed by atoms with Crippen LogP contribution in [0.3, 0.4) is 0 Å². The summed E-state index contributed by atoms with van der Waals surface area (Å²) in [6.45, 7) is 4.77. The van der Waals surface area contributed by atoms with E-state index >= 15 is 0 Å². The molecule has 0 aromatic carbocycles. The Hall–Kier alpha value is -0.820. The van der Waals surface area contributed by atoms with Crippen LogP contribution in [0, 0.1) is 11.8 Å². The minimum absolute atomic E-state index is 0.148. The van der Waals surface area contributed by atoms with Gasteiger partial charge in [0.2, 0.25) is 0 Å². The molecule has 1 aliphatic heterocycles. The predicted molar refractivity (Wildman–Crippen MR) is 76.6 cm³/mol. The van der Waals surface area contributed by atoms with Crippen LogP contribution in [-0.4, -0.2) is 29.2 Å². The van der Waals surface area contributed by atoms with Crippen molar-refractivity contribution in [2.24, 2.45) is 0 Å². The largest absolute Gasteiger partial charge is 0.395 e. The van der Waals surface area contributed by atoms with E-state index in [1.807, 2.05) is 0 Å². The zero-order chi connectivity index (χ0) is 12.8. The maximum absolute atomic E-state index is 8.69. The monoisotopic (exact) mass is 263 g/mol. The zero-order valence-corrected chi connectivity index (χ0v) is 11.8. The molecule has 2 nitrogen and oxygen atoms in total. The Morgan fingerprint density at radius 1 is 1.50 bits per heavy atom. The number of hydrogen-bond acceptors (Lipinski definition) is 3. The first-order valence-corrected chi connectivity index (χ1v) is 7.59. The third kappa shape index (κ3) is 3.84. The van der Waals surface area contributed by atoms with Crippen molar-refractivity contribution in [1.29, 1.82) is 0 Å². The lowest BCUT2D eigenvalue weighted by atomic mass is 10.0. The zero-order valence-electron chi connectivity index (χ0n) is 11.0. The Morgan fingerprint density at radius 2 is 2.39 bits per heavy atom. The van der Waals surface area contributed by atoms with Crippen LogP contribution in [-0.2, 0) is 6.54 Å². The van der Waals surface area contributed by atoms with Crippen molar-refractivity contribution < 1.29 is 5.11 Å². The van der Waals surface area contributed by atoms with E-state index in [1.165, 1.54) is 30.7 Å². The van der Waals surface area contributed by atoms with Gasteiger partial charge in [-0.05, 0) is 32.4 Å². The Morgan fingerprint density at radius 3 is 3.17 bits per heavy atom. The van der Waals surface area contributed by atoms with Gasteiger partial charge in [0.25, 0.3) is 0 Å². The molecular formula is C15H21NOS. The highest BCUT2D eigenvalue weighted by Gasteiger charge is 2.18. The Balaban J connectivity index is 1.92. The normalized spacial score (nSPS) is 20.4. The van der Waals surface area contributed by atoms with Crippen LogP contribution in [0.15, 0.2) is 11.4 Å². The SMILES string of the molecule is CC1CCCCN1Cc1cc(C#CCCO)cs1. The molecule has 1 saturated heterocycles. The van der Waals surface area contributed by atoms with Gasteiger partial charge >= 0.3 is 0 Å². The second-order valence-corrected chi connectivity index (χ2v) is 5.89. The topological polar surface area (TPSA) is 23.5 Å². The molecule has 0 bridgehead atoms. The summed E-state index contributed by atoms with van der Waals surface area (Å²) in [5.41, 5.74) is 1.09. The van der Waals surface area contributed by atoms with Crippen LogP contribution in [0.4, 0.5) is 0 Å². The summed E-state index contributed by atoms with van der Waals surface area (Å²) < 4.78 is 0. The molecule has 1 N–H and O–H groups in total. The summed E-state index contributed by atoms with van der Waals surface area (Å²) in [6.07, 6.45) is 4.60. The minimum Gasteiger partial charge on any atom is -0.395 e. The maximum atomic E-state index is 8.69. The van der Waals surface area contributed by atoms with Crippen molar-refractivity contribution in [1.82, 2.24) is 4.90 Å². The minimum atomic E-state index is 0.148. The highest BCUT2D eigenvalue weighted by Crippen LogP contribution is 2.22. The molecule has 2 heterocycles. The molecule has 1 aliphatic rings. The van der Waals surface area contributed by atoms with E-state index in [4.69, 9.17) is 5.11 Å². The van der Waals surface area contributed by atoms with Gasteiger partial charge in [0, 0.05) is 34.8 Å². The van der Waals surface area contributed by atoms with Crippen molar-refractivity contribution in [2.45, 2.75) is 45.2 Å². The fraction of sp³-hybridized carbons (Fsp3) is 0.600. The third-order valence-corrected chi connectivity index (χ3v) is 4.34. The van der Waals surface area contributed by atoms with Crippen LogP contribution in [0.1, 0.15) is 43.0 Å². The van der Waals surface area contributed by atoms with Crippen molar-refractivity contribution >= 4 is 11.3 Å². The Labute approximate surface area is 114 Å². The van der Waals surface area contributed by atoms with Crippen molar-refractivity contribution in [3.05, 3.63) is 21.9 Å². The second kappa shape index (κ2) is 6.94. The number of nitrogens with zero attached hydrogens (tertiary/aromatic N) is 1. The maximum Gasteiger partial charge on any atom is 0.0540 e.